The number of aromatic nitrogens is 8. The largest absolute Gasteiger partial charge is 0.394 e. The predicted octanol–water partition coefficient (Wildman–Crippen LogP) is -3.34. The molecule has 0 saturated carbocycles. The molecule has 12 N–H and O–H groups in total. The number of hydrogen-bond donors (Lipinski definition) is 10. The highest BCUT2D eigenvalue weighted by Gasteiger charge is 2.46. The number of ether oxygens (including phenoxy) is 2. The monoisotopic (exact) mass is 618 g/mol. The van der Waals surface area contributed by atoms with E-state index in [1.807, 2.05) is 0 Å². The van der Waals surface area contributed by atoms with Crippen molar-refractivity contribution in [2.75, 3.05) is 48.4 Å². The van der Waals surface area contributed by atoms with Crippen LogP contribution in [-0.4, -0.2) is 133 Å². The molecule has 2 saturated heterocycles. The van der Waals surface area contributed by atoms with Gasteiger partial charge in [-0.3, -0.25) is 9.13 Å². The van der Waals surface area contributed by atoms with Crippen LogP contribution >= 0.6 is 0 Å². The van der Waals surface area contributed by atoms with E-state index in [1.54, 1.807) is 0 Å². The Balaban J connectivity index is 1.14. The minimum atomic E-state index is -1.36. The molecule has 6 rings (SSSR count). The van der Waals surface area contributed by atoms with Crippen molar-refractivity contribution in [3.63, 3.8) is 0 Å². The fourth-order valence-corrected chi connectivity index (χ4v) is 5.42. The second kappa shape index (κ2) is 12.2. The summed E-state index contributed by atoms with van der Waals surface area (Å²) in [6.07, 6.45) is -5.81. The highest BCUT2D eigenvalue weighted by atomic mass is 16.6. The second-order valence-electron chi connectivity index (χ2n) is 10.5. The third kappa shape index (κ3) is 5.09. The highest BCUT2D eigenvalue weighted by molar-refractivity contribution is 5.84. The van der Waals surface area contributed by atoms with E-state index in [0.717, 1.165) is 0 Å². The summed E-state index contributed by atoms with van der Waals surface area (Å²) in [5.41, 5.74) is 13.1. The molecule has 6 heterocycles. The summed E-state index contributed by atoms with van der Waals surface area (Å²) in [5.74, 6) is 0.788. The SMILES string of the molecule is Nc1ncnc2c1nc(NCCCCNc1nc3c(N)ncnc3n1[C@@H]1O[C@H](CO)[C@H](O)[C@@H]1O)n2[C@@H]1O[C@H](CO)[C@H](O)[C@H]1O. The zero-order valence-electron chi connectivity index (χ0n) is 23.2. The van der Waals surface area contributed by atoms with Gasteiger partial charge in [-0.25, -0.2) is 29.9 Å². The topological polar surface area (TPSA) is 303 Å². The first kappa shape index (κ1) is 30.0. The molecule has 20 nitrogen and oxygen atoms in total. The van der Waals surface area contributed by atoms with E-state index in [1.165, 1.54) is 21.8 Å². The third-order valence-electron chi connectivity index (χ3n) is 7.72. The molecule has 238 valence electrons. The molecule has 2 aliphatic heterocycles. The van der Waals surface area contributed by atoms with Crippen molar-refractivity contribution < 1.29 is 40.1 Å². The molecule has 0 bridgehead atoms. The molecule has 2 fully saturated rings. The molecule has 0 aliphatic carbocycles. The molecule has 4 aromatic heterocycles. The molecular formula is C24H34N12O8. The summed E-state index contributed by atoms with van der Waals surface area (Å²) in [6.45, 7) is -0.154. The standard InChI is InChI=1S/C24H34N12O8/c25-17-11-19(31-7-29-17)35(21-15(41)13(39)9(5-37)43-21)23(33-11)27-3-1-2-4-28-24-34-12-18(26)30-8-32-20(12)36(24)22-16(42)14(40)10(6-38)44-22/h7-10,13-16,21-22,37-42H,1-6H2,(H,27,33)(H,28,34)(H2,25,29,31)(H2,26,30,32)/t9-,10-,13+,14+,15-,16+,21-,22-/m1/s1. The Hall–Kier alpha value is -4.02. The molecule has 0 aromatic carbocycles. The van der Waals surface area contributed by atoms with E-state index >= 15 is 0 Å². The Morgan fingerprint density at radius 1 is 0.659 bits per heavy atom. The van der Waals surface area contributed by atoms with Gasteiger partial charge in [0.15, 0.2) is 46.4 Å². The van der Waals surface area contributed by atoms with Crippen LogP contribution in [0, 0.1) is 0 Å². The van der Waals surface area contributed by atoms with Crippen molar-refractivity contribution in [3.05, 3.63) is 12.7 Å². The Morgan fingerprint density at radius 3 is 1.43 bits per heavy atom. The molecule has 2 aliphatic rings. The van der Waals surface area contributed by atoms with E-state index in [-0.39, 0.29) is 45.9 Å². The van der Waals surface area contributed by atoms with Gasteiger partial charge in [0.1, 0.15) is 49.3 Å². The zero-order valence-corrected chi connectivity index (χ0v) is 23.2. The molecular weight excluding hydrogens is 584 g/mol. The Morgan fingerprint density at radius 2 is 1.07 bits per heavy atom. The maximum atomic E-state index is 10.6. The van der Waals surface area contributed by atoms with Crippen molar-refractivity contribution in [2.45, 2.75) is 61.9 Å². The number of nitrogens with two attached hydrogens (primary N) is 2. The van der Waals surface area contributed by atoms with Crippen molar-refractivity contribution >= 4 is 45.9 Å². The van der Waals surface area contributed by atoms with Crippen LogP contribution in [0.25, 0.3) is 22.3 Å². The number of nitrogens with zero attached hydrogens (tertiary/aromatic N) is 8. The van der Waals surface area contributed by atoms with Gasteiger partial charge in [-0.2, -0.15) is 0 Å². The molecule has 0 spiro atoms. The van der Waals surface area contributed by atoms with Crippen molar-refractivity contribution in [2.24, 2.45) is 0 Å². The van der Waals surface area contributed by atoms with E-state index in [9.17, 15) is 30.6 Å². The smallest absolute Gasteiger partial charge is 0.207 e. The van der Waals surface area contributed by atoms with Gasteiger partial charge in [-0.15, -0.1) is 0 Å². The molecule has 8 atom stereocenters. The van der Waals surface area contributed by atoms with E-state index in [4.69, 9.17) is 20.9 Å². The summed E-state index contributed by atoms with van der Waals surface area (Å²) >= 11 is 0. The van der Waals surface area contributed by atoms with E-state index in [2.05, 4.69) is 40.5 Å². The third-order valence-corrected chi connectivity index (χ3v) is 7.72. The normalized spacial score (nSPS) is 28.8. The summed E-state index contributed by atoms with van der Waals surface area (Å²) in [6, 6.07) is 0. The van der Waals surface area contributed by atoms with E-state index < -0.39 is 62.3 Å². The van der Waals surface area contributed by atoms with Crippen molar-refractivity contribution in [3.8, 4) is 0 Å². The summed E-state index contributed by atoms with van der Waals surface area (Å²) < 4.78 is 14.4. The summed E-state index contributed by atoms with van der Waals surface area (Å²) in [4.78, 5) is 25.4. The summed E-state index contributed by atoms with van der Waals surface area (Å²) in [7, 11) is 0. The van der Waals surface area contributed by atoms with Gasteiger partial charge in [0.05, 0.1) is 13.2 Å². The number of nitrogen functional groups attached to an aromatic ring is 2. The Kier molecular flexibility index (Phi) is 8.30. The number of aliphatic hydroxyl groups is 6. The molecule has 0 amide bonds. The molecule has 20 heteroatoms. The van der Waals surface area contributed by atoms with E-state index in [0.29, 0.717) is 25.9 Å². The number of anilines is 4. The van der Waals surface area contributed by atoms with Gasteiger partial charge in [0.25, 0.3) is 0 Å². The maximum absolute atomic E-state index is 10.6. The van der Waals surface area contributed by atoms with Gasteiger partial charge < -0.3 is 62.2 Å². The first-order valence-corrected chi connectivity index (χ1v) is 13.9. The Labute approximate surface area is 248 Å². The average molecular weight is 619 g/mol. The van der Waals surface area contributed by atoms with Crippen LogP contribution in [0.3, 0.4) is 0 Å². The quantitative estimate of drug-likeness (QED) is 0.0734. The first-order chi connectivity index (χ1) is 21.2. The van der Waals surface area contributed by atoms with Crippen LogP contribution in [0.5, 0.6) is 0 Å². The highest BCUT2D eigenvalue weighted by Crippen LogP contribution is 2.36. The molecule has 4 aromatic rings. The predicted molar refractivity (Wildman–Crippen MR) is 152 cm³/mol. The maximum Gasteiger partial charge on any atom is 0.207 e. The minimum Gasteiger partial charge on any atom is -0.394 e. The molecule has 0 radical (unpaired) electrons. The van der Waals surface area contributed by atoms with Crippen LogP contribution in [0.1, 0.15) is 25.3 Å². The van der Waals surface area contributed by atoms with Gasteiger partial charge in [0, 0.05) is 13.1 Å². The fraction of sp³-hybridized carbons (Fsp3) is 0.583. The van der Waals surface area contributed by atoms with Crippen LogP contribution in [0.15, 0.2) is 12.7 Å². The number of imidazole rings is 2. The average Bonchev–Trinajstić information content (AvgIpc) is 3.73. The summed E-state index contributed by atoms with van der Waals surface area (Å²) in [5, 5.41) is 67.3. The minimum absolute atomic E-state index is 0.121. The van der Waals surface area contributed by atoms with Gasteiger partial charge in [0.2, 0.25) is 11.9 Å². The van der Waals surface area contributed by atoms with Gasteiger partial charge in [-0.1, -0.05) is 0 Å². The van der Waals surface area contributed by atoms with Gasteiger partial charge >= 0.3 is 0 Å². The number of unbranched alkanes of at least 4 members (excludes halogenated alkanes) is 1. The first-order valence-electron chi connectivity index (χ1n) is 13.9. The molecule has 0 unspecified atom stereocenters. The zero-order chi connectivity index (χ0) is 31.1. The van der Waals surface area contributed by atoms with Gasteiger partial charge in [-0.05, 0) is 12.8 Å². The number of aliphatic hydroxyl groups excluding tert-OH is 6. The number of hydrogen-bond acceptors (Lipinski definition) is 18. The number of nitrogens with one attached hydrogen (secondary N) is 2. The lowest BCUT2D eigenvalue weighted by Crippen LogP contribution is -2.33. The molecule has 44 heavy (non-hydrogen) atoms. The van der Waals surface area contributed by atoms with Crippen LogP contribution in [0.4, 0.5) is 23.5 Å². The lowest BCUT2D eigenvalue weighted by atomic mass is 10.1. The number of rotatable bonds is 11. The second-order valence-corrected chi connectivity index (χ2v) is 10.5. The van der Waals surface area contributed by atoms with Crippen LogP contribution in [-0.2, 0) is 9.47 Å². The number of fused-ring (bicyclic) bond motifs is 2. The lowest BCUT2D eigenvalue weighted by molar-refractivity contribution is -0.0501. The van der Waals surface area contributed by atoms with Crippen LogP contribution < -0.4 is 22.1 Å². The lowest BCUT2D eigenvalue weighted by Gasteiger charge is -2.20. The van der Waals surface area contributed by atoms with Crippen molar-refractivity contribution in [1.82, 2.24) is 39.0 Å². The Bertz CT molecular complexity index is 1500. The van der Waals surface area contributed by atoms with Crippen molar-refractivity contribution in [1.29, 1.82) is 0 Å². The fourth-order valence-electron chi connectivity index (χ4n) is 5.42. The van der Waals surface area contributed by atoms with Crippen LogP contribution in [0.2, 0.25) is 0 Å².